The highest BCUT2D eigenvalue weighted by molar-refractivity contribution is 9.10. The Bertz CT molecular complexity index is 1070. The largest absolute Gasteiger partial charge is 0.444 e. The second-order valence-corrected chi connectivity index (χ2v) is 10.3. The van der Waals surface area contributed by atoms with Crippen LogP contribution in [-0.4, -0.2) is 34.8 Å². The summed E-state index contributed by atoms with van der Waals surface area (Å²) in [5.74, 6) is 0.254. The molecule has 2 aromatic carbocycles. The van der Waals surface area contributed by atoms with E-state index in [4.69, 9.17) is 4.74 Å². The van der Waals surface area contributed by atoms with Crippen LogP contribution in [0.15, 0.2) is 59.1 Å². The number of rotatable bonds is 5. The van der Waals surface area contributed by atoms with Crippen molar-refractivity contribution in [3.63, 3.8) is 0 Å². The molecule has 1 aromatic heterocycles. The van der Waals surface area contributed by atoms with Gasteiger partial charge in [0.1, 0.15) is 5.60 Å². The Labute approximate surface area is 192 Å². The van der Waals surface area contributed by atoms with Crippen molar-refractivity contribution < 1.29 is 9.53 Å². The van der Waals surface area contributed by atoms with Crippen LogP contribution in [0.25, 0.3) is 10.9 Å². The highest BCUT2D eigenvalue weighted by Crippen LogP contribution is 2.40. The van der Waals surface area contributed by atoms with Gasteiger partial charge < -0.3 is 14.6 Å². The van der Waals surface area contributed by atoms with Crippen molar-refractivity contribution in [2.24, 2.45) is 5.92 Å². The highest BCUT2D eigenvalue weighted by atomic mass is 79.9. The van der Waals surface area contributed by atoms with Crippen molar-refractivity contribution in [1.82, 2.24) is 14.8 Å². The molecule has 0 aliphatic carbocycles. The molecule has 6 heteroatoms. The summed E-state index contributed by atoms with van der Waals surface area (Å²) in [5, 5.41) is 4.24. The molecular weight excluding hydrogens is 454 g/mol. The zero-order valence-corrected chi connectivity index (χ0v) is 20.1. The first-order valence-electron chi connectivity index (χ1n) is 10.7. The molecule has 1 N–H and O–H groups in total. The quantitative estimate of drug-likeness (QED) is 0.503. The maximum atomic E-state index is 12.3. The summed E-state index contributed by atoms with van der Waals surface area (Å²) < 4.78 is 8.94. The fourth-order valence-corrected chi connectivity index (χ4v) is 4.93. The number of aromatic nitrogens is 1. The molecule has 0 fully saturated rings. The molecule has 2 atom stereocenters. The predicted molar refractivity (Wildman–Crippen MR) is 128 cm³/mol. The molecule has 0 spiro atoms. The van der Waals surface area contributed by atoms with Crippen molar-refractivity contribution >= 4 is 32.9 Å². The van der Waals surface area contributed by atoms with E-state index < -0.39 is 5.60 Å². The lowest BCUT2D eigenvalue weighted by molar-refractivity contribution is 0.0506. The van der Waals surface area contributed by atoms with Crippen LogP contribution in [0.2, 0.25) is 0 Å². The van der Waals surface area contributed by atoms with E-state index in [0.717, 1.165) is 17.6 Å². The van der Waals surface area contributed by atoms with Gasteiger partial charge in [-0.05, 0) is 57.6 Å². The predicted octanol–water partition coefficient (Wildman–Crippen LogP) is 5.73. The third-order valence-corrected chi connectivity index (χ3v) is 6.21. The number of fused-ring (bicyclic) bond motifs is 3. The van der Waals surface area contributed by atoms with E-state index in [0.29, 0.717) is 6.54 Å². The lowest BCUT2D eigenvalue weighted by atomic mass is 9.98. The van der Waals surface area contributed by atoms with Gasteiger partial charge in [-0.3, -0.25) is 4.90 Å². The zero-order chi connectivity index (χ0) is 22.2. The van der Waals surface area contributed by atoms with Crippen LogP contribution in [0.3, 0.4) is 0 Å². The molecule has 0 radical (unpaired) electrons. The fourth-order valence-electron chi connectivity index (χ4n) is 4.55. The number of hydrogen-bond donors (Lipinski definition) is 1. The van der Waals surface area contributed by atoms with Crippen LogP contribution in [0.4, 0.5) is 4.79 Å². The topological polar surface area (TPSA) is 46.5 Å². The highest BCUT2D eigenvalue weighted by Gasteiger charge is 2.37. The van der Waals surface area contributed by atoms with Crippen LogP contribution in [-0.2, 0) is 17.8 Å². The molecule has 3 aromatic rings. The summed E-state index contributed by atoms with van der Waals surface area (Å²) in [7, 11) is 2.17. The molecule has 164 valence electrons. The van der Waals surface area contributed by atoms with Gasteiger partial charge in [-0.2, -0.15) is 0 Å². The van der Waals surface area contributed by atoms with E-state index in [1.807, 2.05) is 26.8 Å². The van der Waals surface area contributed by atoms with Crippen LogP contribution < -0.4 is 5.32 Å². The van der Waals surface area contributed by atoms with E-state index in [2.05, 4.69) is 86.3 Å². The van der Waals surface area contributed by atoms with Crippen LogP contribution in [0.5, 0.6) is 0 Å². The number of hydrogen-bond acceptors (Lipinski definition) is 3. The summed E-state index contributed by atoms with van der Waals surface area (Å²) in [6.45, 7) is 7.93. The molecule has 4 rings (SSSR count). The average molecular weight is 484 g/mol. The first-order chi connectivity index (χ1) is 14.7. The Morgan fingerprint density at radius 1 is 1.19 bits per heavy atom. The first-order valence-corrected chi connectivity index (χ1v) is 11.5. The molecule has 1 aliphatic rings. The van der Waals surface area contributed by atoms with Crippen LogP contribution in [0, 0.1) is 5.92 Å². The number of halogens is 1. The molecule has 0 saturated carbocycles. The summed E-state index contributed by atoms with van der Waals surface area (Å²) >= 11 is 3.59. The molecule has 1 aliphatic heterocycles. The number of ether oxygens (including phenoxy) is 1. The van der Waals surface area contributed by atoms with E-state index in [-0.39, 0.29) is 18.1 Å². The van der Waals surface area contributed by atoms with Gasteiger partial charge in [-0.1, -0.05) is 46.3 Å². The number of carbonyl (C=O) groups is 1. The Morgan fingerprint density at radius 3 is 2.65 bits per heavy atom. The Kier molecular flexibility index (Phi) is 6.13. The minimum absolute atomic E-state index is 0.196. The Balaban J connectivity index is 1.59. The molecular formula is C25H30BrN3O2. The third kappa shape index (κ3) is 4.96. The standard InChI is InChI=1S/C25H30BrN3O2/c1-25(2,3)31-24(30)27-14-19-16-29-21-11-10-20(26)12-18(21)13-22(29)23(19)28(4)15-17-8-6-5-7-9-17/h5-13,19,23H,14-16H2,1-4H3,(H,27,30). The minimum Gasteiger partial charge on any atom is -0.444 e. The van der Waals surface area contributed by atoms with Crippen molar-refractivity contribution in [3.8, 4) is 0 Å². The maximum Gasteiger partial charge on any atom is 0.407 e. The monoisotopic (exact) mass is 483 g/mol. The van der Waals surface area contributed by atoms with Crippen molar-refractivity contribution in [2.75, 3.05) is 13.6 Å². The fraction of sp³-hybridized carbons (Fsp3) is 0.400. The summed E-state index contributed by atoms with van der Waals surface area (Å²) in [5.41, 5.74) is 3.30. The molecule has 2 heterocycles. The Hall–Kier alpha value is -2.31. The number of nitrogens with zero attached hydrogens (tertiary/aromatic N) is 2. The lowest BCUT2D eigenvalue weighted by Crippen LogP contribution is -2.38. The van der Waals surface area contributed by atoms with Crippen molar-refractivity contribution in [1.29, 1.82) is 0 Å². The Morgan fingerprint density at radius 2 is 1.94 bits per heavy atom. The number of benzene rings is 2. The van der Waals surface area contributed by atoms with Gasteiger partial charge in [0.15, 0.2) is 0 Å². The number of alkyl carbamates (subject to hydrolysis) is 1. The molecule has 0 bridgehead atoms. The zero-order valence-electron chi connectivity index (χ0n) is 18.6. The molecule has 1 amide bonds. The minimum atomic E-state index is -0.502. The first kappa shape index (κ1) is 21.9. The van der Waals surface area contributed by atoms with E-state index in [1.54, 1.807) is 0 Å². The van der Waals surface area contributed by atoms with Gasteiger partial charge in [0, 0.05) is 46.6 Å². The smallest absolute Gasteiger partial charge is 0.407 e. The van der Waals surface area contributed by atoms with Gasteiger partial charge in [0.2, 0.25) is 0 Å². The second-order valence-electron chi connectivity index (χ2n) is 9.37. The molecule has 0 saturated heterocycles. The van der Waals surface area contributed by atoms with Crippen LogP contribution >= 0.6 is 15.9 Å². The normalized spacial score (nSPS) is 18.4. The van der Waals surface area contributed by atoms with Gasteiger partial charge in [-0.15, -0.1) is 0 Å². The van der Waals surface area contributed by atoms with Gasteiger partial charge in [0.25, 0.3) is 0 Å². The van der Waals surface area contributed by atoms with E-state index in [9.17, 15) is 4.79 Å². The number of nitrogens with one attached hydrogen (secondary N) is 1. The lowest BCUT2D eigenvalue weighted by Gasteiger charge is -2.30. The average Bonchev–Trinajstić information content (AvgIpc) is 3.20. The van der Waals surface area contributed by atoms with Gasteiger partial charge in [-0.25, -0.2) is 4.79 Å². The summed E-state index contributed by atoms with van der Waals surface area (Å²) in [6, 6.07) is 19.4. The van der Waals surface area contributed by atoms with Crippen LogP contribution in [0.1, 0.15) is 38.1 Å². The van der Waals surface area contributed by atoms with E-state index in [1.165, 1.54) is 22.2 Å². The second kappa shape index (κ2) is 8.67. The number of carbonyl (C=O) groups excluding carboxylic acids is 1. The van der Waals surface area contributed by atoms with Gasteiger partial charge in [0.05, 0.1) is 6.04 Å². The number of amides is 1. The summed E-state index contributed by atoms with van der Waals surface area (Å²) in [6.07, 6.45) is -0.359. The molecule has 5 nitrogen and oxygen atoms in total. The van der Waals surface area contributed by atoms with Crippen molar-refractivity contribution in [3.05, 3.63) is 70.3 Å². The van der Waals surface area contributed by atoms with E-state index >= 15 is 0 Å². The third-order valence-electron chi connectivity index (χ3n) is 5.72. The molecule has 31 heavy (non-hydrogen) atoms. The van der Waals surface area contributed by atoms with Crippen molar-refractivity contribution in [2.45, 2.75) is 45.5 Å². The SMILES string of the molecule is CN(Cc1ccccc1)C1c2cc3cc(Br)ccc3n2CC1CNC(=O)OC(C)(C)C. The summed E-state index contributed by atoms with van der Waals surface area (Å²) in [4.78, 5) is 14.7. The maximum absolute atomic E-state index is 12.3. The molecule has 2 unspecified atom stereocenters. The van der Waals surface area contributed by atoms with Gasteiger partial charge >= 0.3 is 6.09 Å².